The molecule has 0 saturated carbocycles. The molecule has 0 unspecified atom stereocenters. The Labute approximate surface area is 106 Å². The van der Waals surface area contributed by atoms with Crippen LogP contribution in [0, 0.1) is 0 Å². The summed E-state index contributed by atoms with van der Waals surface area (Å²) in [5, 5.41) is 1.39. The third-order valence-corrected chi connectivity index (χ3v) is 4.10. The van der Waals surface area contributed by atoms with Crippen molar-refractivity contribution >= 4 is 40.1 Å². The van der Waals surface area contributed by atoms with Crippen LogP contribution in [0.1, 0.15) is 30.7 Å². The Bertz CT molecular complexity index is 521. The number of aryl methyl sites for hydroxylation is 1. The summed E-state index contributed by atoms with van der Waals surface area (Å²) in [6, 6.07) is 6.42. The summed E-state index contributed by atoms with van der Waals surface area (Å²) in [6.07, 6.45) is 6.66. The third kappa shape index (κ3) is 2.18. The van der Waals surface area contributed by atoms with Gasteiger partial charge in [0.1, 0.15) is 0 Å². The van der Waals surface area contributed by atoms with Crippen molar-refractivity contribution in [2.75, 3.05) is 0 Å². The molecule has 0 aliphatic heterocycles. The van der Waals surface area contributed by atoms with Crippen LogP contribution < -0.4 is 0 Å². The van der Waals surface area contributed by atoms with Gasteiger partial charge in [0.05, 0.1) is 0 Å². The first-order valence-corrected chi connectivity index (χ1v) is 6.93. The highest BCUT2D eigenvalue weighted by Gasteiger charge is 2.08. The molecule has 0 atom stereocenters. The van der Waals surface area contributed by atoms with Crippen molar-refractivity contribution in [1.29, 1.82) is 0 Å². The lowest BCUT2D eigenvalue weighted by Crippen LogP contribution is -1.79. The van der Waals surface area contributed by atoms with Crippen LogP contribution in [0.3, 0.4) is 0 Å². The SMILES string of the molecule is CC/C=C\c1sc2cc(S)ccc2c1CC. The fraction of sp³-hybridized carbons (Fsp3) is 0.286. The molecule has 0 amide bonds. The molecule has 0 bridgehead atoms. The van der Waals surface area contributed by atoms with Crippen molar-refractivity contribution in [3.05, 3.63) is 34.7 Å². The Hall–Kier alpha value is -0.730. The summed E-state index contributed by atoms with van der Waals surface area (Å²) in [5.74, 6) is 0. The molecular weight excluding hydrogens is 232 g/mol. The monoisotopic (exact) mass is 248 g/mol. The smallest absolute Gasteiger partial charge is 0.0363 e. The maximum atomic E-state index is 4.39. The van der Waals surface area contributed by atoms with E-state index in [1.807, 2.05) is 11.3 Å². The number of hydrogen-bond acceptors (Lipinski definition) is 2. The molecule has 0 fully saturated rings. The highest BCUT2D eigenvalue weighted by Crippen LogP contribution is 2.34. The second-order valence-electron chi connectivity index (χ2n) is 3.79. The van der Waals surface area contributed by atoms with E-state index >= 15 is 0 Å². The molecule has 0 saturated heterocycles. The van der Waals surface area contributed by atoms with Gasteiger partial charge < -0.3 is 0 Å². The summed E-state index contributed by atoms with van der Waals surface area (Å²) in [5.41, 5.74) is 1.47. The first kappa shape index (κ1) is 11.7. The van der Waals surface area contributed by atoms with Gasteiger partial charge in [0.25, 0.3) is 0 Å². The highest BCUT2D eigenvalue weighted by molar-refractivity contribution is 7.80. The van der Waals surface area contributed by atoms with Crippen LogP contribution in [-0.2, 0) is 6.42 Å². The van der Waals surface area contributed by atoms with Gasteiger partial charge in [-0.25, -0.2) is 0 Å². The first-order chi connectivity index (χ1) is 7.76. The van der Waals surface area contributed by atoms with E-state index in [4.69, 9.17) is 0 Å². The number of fused-ring (bicyclic) bond motifs is 1. The van der Waals surface area contributed by atoms with Gasteiger partial charge in [0.15, 0.2) is 0 Å². The molecule has 0 nitrogen and oxygen atoms in total. The fourth-order valence-corrected chi connectivity index (χ4v) is 3.44. The largest absolute Gasteiger partial charge is 0.143 e. The topological polar surface area (TPSA) is 0 Å². The molecule has 1 aromatic carbocycles. The maximum absolute atomic E-state index is 4.39. The molecular formula is C14H16S2. The zero-order valence-corrected chi connectivity index (χ0v) is 11.4. The Balaban J connectivity index is 2.61. The van der Waals surface area contributed by atoms with E-state index in [1.165, 1.54) is 20.5 Å². The van der Waals surface area contributed by atoms with E-state index in [1.54, 1.807) is 0 Å². The van der Waals surface area contributed by atoms with Crippen LogP contribution in [0.5, 0.6) is 0 Å². The number of thiophene rings is 1. The van der Waals surface area contributed by atoms with E-state index in [-0.39, 0.29) is 0 Å². The Morgan fingerprint density at radius 1 is 1.31 bits per heavy atom. The summed E-state index contributed by atoms with van der Waals surface area (Å²) in [7, 11) is 0. The molecule has 1 heterocycles. The lowest BCUT2D eigenvalue weighted by Gasteiger charge is -1.96. The first-order valence-electron chi connectivity index (χ1n) is 5.67. The minimum atomic E-state index is 1.04. The van der Waals surface area contributed by atoms with Crippen molar-refractivity contribution in [3.8, 4) is 0 Å². The second kappa shape index (κ2) is 5.07. The zero-order valence-electron chi connectivity index (χ0n) is 9.66. The molecule has 2 rings (SSSR count). The molecule has 0 aliphatic carbocycles. The van der Waals surface area contributed by atoms with Gasteiger partial charge in [-0.2, -0.15) is 0 Å². The van der Waals surface area contributed by atoms with Crippen LogP contribution in [0.25, 0.3) is 16.2 Å². The molecule has 0 N–H and O–H groups in total. The molecule has 16 heavy (non-hydrogen) atoms. The van der Waals surface area contributed by atoms with Crippen LogP contribution in [0.15, 0.2) is 29.2 Å². The summed E-state index contributed by atoms with van der Waals surface area (Å²) in [6.45, 7) is 4.39. The molecule has 2 aromatic rings. The van der Waals surface area contributed by atoms with E-state index in [2.05, 4.69) is 56.8 Å². The number of hydrogen-bond donors (Lipinski definition) is 1. The third-order valence-electron chi connectivity index (χ3n) is 2.67. The lowest BCUT2D eigenvalue weighted by atomic mass is 10.1. The predicted octanol–water partition coefficient (Wildman–Crippen LogP) is 5.18. The van der Waals surface area contributed by atoms with E-state index in [0.29, 0.717) is 0 Å². The Morgan fingerprint density at radius 3 is 2.81 bits per heavy atom. The summed E-state index contributed by atoms with van der Waals surface area (Å²) < 4.78 is 1.35. The highest BCUT2D eigenvalue weighted by atomic mass is 32.1. The molecule has 0 aliphatic rings. The van der Waals surface area contributed by atoms with E-state index < -0.39 is 0 Å². The maximum Gasteiger partial charge on any atom is 0.0363 e. The van der Waals surface area contributed by atoms with Crippen LogP contribution in [-0.4, -0.2) is 0 Å². The predicted molar refractivity (Wildman–Crippen MR) is 77.8 cm³/mol. The van der Waals surface area contributed by atoms with Crippen molar-refractivity contribution in [3.63, 3.8) is 0 Å². The van der Waals surface area contributed by atoms with Gasteiger partial charge in [-0.1, -0.05) is 26.0 Å². The van der Waals surface area contributed by atoms with Crippen LogP contribution >= 0.6 is 24.0 Å². The van der Waals surface area contributed by atoms with E-state index in [0.717, 1.165) is 17.7 Å². The van der Waals surface area contributed by atoms with Gasteiger partial charge in [0, 0.05) is 14.5 Å². The average Bonchev–Trinajstić information content (AvgIpc) is 2.62. The number of benzene rings is 1. The number of allylic oxidation sites excluding steroid dienone is 1. The van der Waals surface area contributed by atoms with Crippen molar-refractivity contribution in [1.82, 2.24) is 0 Å². The molecule has 1 aromatic heterocycles. The molecule has 84 valence electrons. The second-order valence-corrected chi connectivity index (χ2v) is 5.39. The van der Waals surface area contributed by atoms with Crippen molar-refractivity contribution in [2.24, 2.45) is 0 Å². The van der Waals surface area contributed by atoms with Gasteiger partial charge >= 0.3 is 0 Å². The van der Waals surface area contributed by atoms with Crippen molar-refractivity contribution < 1.29 is 0 Å². The zero-order chi connectivity index (χ0) is 11.5. The lowest BCUT2D eigenvalue weighted by molar-refractivity contribution is 1.16. The van der Waals surface area contributed by atoms with Crippen molar-refractivity contribution in [2.45, 2.75) is 31.6 Å². The molecule has 2 heteroatoms. The standard InChI is InChI=1S/C14H16S2/c1-3-5-6-13-11(4-2)12-8-7-10(15)9-14(12)16-13/h5-9,15H,3-4H2,1-2H3/b6-5-. The van der Waals surface area contributed by atoms with E-state index in [9.17, 15) is 0 Å². The minimum Gasteiger partial charge on any atom is -0.143 e. The minimum absolute atomic E-state index is 1.04. The van der Waals surface area contributed by atoms with Gasteiger partial charge in [0.2, 0.25) is 0 Å². The van der Waals surface area contributed by atoms with Gasteiger partial charge in [-0.05, 0) is 42.0 Å². The average molecular weight is 248 g/mol. The van der Waals surface area contributed by atoms with Gasteiger partial charge in [-0.15, -0.1) is 24.0 Å². The quantitative estimate of drug-likeness (QED) is 0.711. The Kier molecular flexibility index (Phi) is 3.72. The number of rotatable bonds is 3. The van der Waals surface area contributed by atoms with Gasteiger partial charge in [-0.3, -0.25) is 0 Å². The molecule has 0 spiro atoms. The Morgan fingerprint density at radius 2 is 2.12 bits per heavy atom. The van der Waals surface area contributed by atoms with Crippen LogP contribution in [0.4, 0.5) is 0 Å². The fourth-order valence-electron chi connectivity index (χ4n) is 1.88. The van der Waals surface area contributed by atoms with Crippen LogP contribution in [0.2, 0.25) is 0 Å². The number of thiol groups is 1. The summed E-state index contributed by atoms with van der Waals surface area (Å²) in [4.78, 5) is 2.45. The normalized spacial score (nSPS) is 11.7. The molecule has 0 radical (unpaired) electrons. The summed E-state index contributed by atoms with van der Waals surface area (Å²) >= 11 is 6.26.